The number of Topliss-reactive ketones (excluding diaryl/α,β-unsaturated/α-hetero) is 1. The lowest BCUT2D eigenvalue weighted by molar-refractivity contribution is -0.152. The Kier molecular flexibility index (Phi) is 8.70. The number of hydrogen-bond donors (Lipinski definition) is 0. The van der Waals surface area contributed by atoms with Crippen LogP contribution < -0.4 is 0 Å². The molecule has 0 saturated carbocycles. The van der Waals surface area contributed by atoms with Crippen LogP contribution in [0.25, 0.3) is 0 Å². The molecule has 19 heavy (non-hydrogen) atoms. The SMILES string of the molecule is CC(=O)CC(=O)O[C@H](CC(C)C)C[C@H](C)CC(C)C. The number of carbonyl (C=O) groups is 2. The Bertz CT molecular complexity index is 282. The molecule has 0 heterocycles. The lowest BCUT2D eigenvalue weighted by Crippen LogP contribution is -2.24. The fourth-order valence-electron chi connectivity index (χ4n) is 2.50. The van der Waals surface area contributed by atoms with Crippen molar-refractivity contribution in [3.8, 4) is 0 Å². The molecule has 0 aliphatic carbocycles. The van der Waals surface area contributed by atoms with Gasteiger partial charge in [-0.05, 0) is 43.9 Å². The maximum Gasteiger partial charge on any atom is 0.313 e. The van der Waals surface area contributed by atoms with Crippen molar-refractivity contribution < 1.29 is 14.3 Å². The van der Waals surface area contributed by atoms with E-state index in [1.54, 1.807) is 0 Å². The molecule has 3 nitrogen and oxygen atoms in total. The zero-order chi connectivity index (χ0) is 15.0. The maximum atomic E-state index is 11.6. The minimum atomic E-state index is -0.380. The molecule has 0 fully saturated rings. The summed E-state index contributed by atoms with van der Waals surface area (Å²) in [6.45, 7) is 12.3. The first kappa shape index (κ1) is 18.1. The molecular weight excluding hydrogens is 240 g/mol. The van der Waals surface area contributed by atoms with E-state index < -0.39 is 0 Å². The van der Waals surface area contributed by atoms with Gasteiger partial charge in [0.1, 0.15) is 18.3 Å². The van der Waals surface area contributed by atoms with Gasteiger partial charge in [0.25, 0.3) is 0 Å². The molecule has 0 N–H and O–H groups in total. The first-order valence-corrected chi connectivity index (χ1v) is 7.39. The Morgan fingerprint density at radius 3 is 1.84 bits per heavy atom. The topological polar surface area (TPSA) is 43.4 Å². The molecule has 0 aromatic rings. The summed E-state index contributed by atoms with van der Waals surface area (Å²) in [6, 6.07) is 0. The third kappa shape index (κ3) is 10.7. The summed E-state index contributed by atoms with van der Waals surface area (Å²) in [5.74, 6) is 1.16. The van der Waals surface area contributed by atoms with Gasteiger partial charge in [0, 0.05) is 0 Å². The van der Waals surface area contributed by atoms with E-state index in [0.717, 1.165) is 19.3 Å². The second kappa shape index (κ2) is 9.11. The van der Waals surface area contributed by atoms with E-state index in [-0.39, 0.29) is 24.3 Å². The molecule has 0 rings (SSSR count). The number of rotatable bonds is 9. The highest BCUT2D eigenvalue weighted by Gasteiger charge is 2.20. The van der Waals surface area contributed by atoms with Crippen LogP contribution in [0, 0.1) is 17.8 Å². The van der Waals surface area contributed by atoms with Crippen molar-refractivity contribution in [2.24, 2.45) is 17.8 Å². The molecule has 0 unspecified atom stereocenters. The van der Waals surface area contributed by atoms with E-state index >= 15 is 0 Å². The van der Waals surface area contributed by atoms with E-state index in [0.29, 0.717) is 17.8 Å². The summed E-state index contributed by atoms with van der Waals surface area (Å²) >= 11 is 0. The van der Waals surface area contributed by atoms with Gasteiger partial charge in [0.15, 0.2) is 0 Å². The van der Waals surface area contributed by atoms with Crippen LogP contribution in [-0.2, 0) is 14.3 Å². The second-order valence-corrected chi connectivity index (χ2v) is 6.59. The summed E-state index contributed by atoms with van der Waals surface area (Å²) in [7, 11) is 0. The number of ketones is 1. The molecule has 0 spiro atoms. The average molecular weight is 270 g/mol. The predicted molar refractivity (Wildman–Crippen MR) is 77.9 cm³/mol. The van der Waals surface area contributed by atoms with Crippen molar-refractivity contribution in [3.05, 3.63) is 0 Å². The van der Waals surface area contributed by atoms with E-state index in [9.17, 15) is 9.59 Å². The Hall–Kier alpha value is -0.860. The van der Waals surface area contributed by atoms with Crippen LogP contribution in [0.2, 0.25) is 0 Å². The van der Waals surface area contributed by atoms with Crippen LogP contribution in [0.5, 0.6) is 0 Å². The highest BCUT2D eigenvalue weighted by molar-refractivity contribution is 5.94. The van der Waals surface area contributed by atoms with Crippen LogP contribution >= 0.6 is 0 Å². The first-order valence-electron chi connectivity index (χ1n) is 7.39. The fraction of sp³-hybridized carbons (Fsp3) is 0.875. The average Bonchev–Trinajstić information content (AvgIpc) is 2.11. The molecule has 0 aromatic heterocycles. The van der Waals surface area contributed by atoms with E-state index in [1.165, 1.54) is 6.92 Å². The van der Waals surface area contributed by atoms with Gasteiger partial charge in [0.2, 0.25) is 0 Å². The number of carbonyl (C=O) groups excluding carboxylic acids is 2. The van der Waals surface area contributed by atoms with Crippen molar-refractivity contribution in [3.63, 3.8) is 0 Å². The normalized spacial score (nSPS) is 14.5. The maximum absolute atomic E-state index is 11.6. The van der Waals surface area contributed by atoms with Crippen molar-refractivity contribution in [2.45, 2.75) is 73.3 Å². The van der Waals surface area contributed by atoms with E-state index in [1.807, 2.05) is 0 Å². The van der Waals surface area contributed by atoms with Gasteiger partial charge in [-0.2, -0.15) is 0 Å². The molecule has 0 amide bonds. The van der Waals surface area contributed by atoms with Gasteiger partial charge in [-0.15, -0.1) is 0 Å². The van der Waals surface area contributed by atoms with Crippen LogP contribution in [0.3, 0.4) is 0 Å². The molecule has 0 radical (unpaired) electrons. The molecule has 3 heteroatoms. The summed E-state index contributed by atoms with van der Waals surface area (Å²) in [6.07, 6.45) is 2.73. The zero-order valence-electron chi connectivity index (χ0n) is 13.4. The third-order valence-electron chi connectivity index (χ3n) is 2.96. The van der Waals surface area contributed by atoms with Gasteiger partial charge in [-0.1, -0.05) is 34.6 Å². The van der Waals surface area contributed by atoms with Crippen molar-refractivity contribution in [1.29, 1.82) is 0 Å². The third-order valence-corrected chi connectivity index (χ3v) is 2.96. The van der Waals surface area contributed by atoms with Crippen LogP contribution in [-0.4, -0.2) is 17.9 Å². The summed E-state index contributed by atoms with van der Waals surface area (Å²) in [5.41, 5.74) is 0. The summed E-state index contributed by atoms with van der Waals surface area (Å²) in [5, 5.41) is 0. The van der Waals surface area contributed by atoms with E-state index in [4.69, 9.17) is 4.74 Å². The number of hydrogen-bond acceptors (Lipinski definition) is 3. The van der Waals surface area contributed by atoms with Crippen molar-refractivity contribution >= 4 is 11.8 Å². The first-order chi connectivity index (χ1) is 8.70. The lowest BCUT2D eigenvalue weighted by Gasteiger charge is -2.23. The Morgan fingerprint density at radius 2 is 1.42 bits per heavy atom. The zero-order valence-corrected chi connectivity index (χ0v) is 13.4. The largest absolute Gasteiger partial charge is 0.462 e. The molecule has 2 atom stereocenters. The molecular formula is C16H30O3. The lowest BCUT2D eigenvalue weighted by atomic mass is 9.91. The van der Waals surface area contributed by atoms with Crippen molar-refractivity contribution in [2.75, 3.05) is 0 Å². The minimum Gasteiger partial charge on any atom is -0.462 e. The molecule has 0 bridgehead atoms. The standard InChI is InChI=1S/C16H30O3/c1-11(2)7-13(5)9-15(8-12(3)4)19-16(18)10-14(6)17/h11-13,15H,7-10H2,1-6H3/t13-,15-/m1/s1. The number of esters is 1. The van der Waals surface area contributed by atoms with E-state index in [2.05, 4.69) is 34.6 Å². The summed E-state index contributed by atoms with van der Waals surface area (Å²) < 4.78 is 5.46. The highest BCUT2D eigenvalue weighted by Crippen LogP contribution is 2.22. The Morgan fingerprint density at radius 1 is 0.895 bits per heavy atom. The van der Waals surface area contributed by atoms with Crippen LogP contribution in [0.4, 0.5) is 0 Å². The molecule has 0 aliphatic rings. The molecule has 0 aromatic carbocycles. The van der Waals surface area contributed by atoms with Gasteiger partial charge in [-0.3, -0.25) is 9.59 Å². The predicted octanol–water partition coefficient (Wildman–Crippen LogP) is 4.00. The fourth-order valence-corrected chi connectivity index (χ4v) is 2.50. The van der Waals surface area contributed by atoms with Gasteiger partial charge in [-0.25, -0.2) is 0 Å². The van der Waals surface area contributed by atoms with Gasteiger partial charge >= 0.3 is 5.97 Å². The second-order valence-electron chi connectivity index (χ2n) is 6.59. The van der Waals surface area contributed by atoms with Crippen molar-refractivity contribution in [1.82, 2.24) is 0 Å². The molecule has 112 valence electrons. The Balaban J connectivity index is 4.37. The van der Waals surface area contributed by atoms with Crippen LogP contribution in [0.1, 0.15) is 67.2 Å². The quantitative estimate of drug-likeness (QED) is 0.470. The molecule has 0 saturated heterocycles. The summed E-state index contributed by atoms with van der Waals surface area (Å²) in [4.78, 5) is 22.5. The Labute approximate surface area is 118 Å². The molecule has 0 aliphatic heterocycles. The highest BCUT2D eigenvalue weighted by atomic mass is 16.5. The smallest absolute Gasteiger partial charge is 0.313 e. The van der Waals surface area contributed by atoms with Gasteiger partial charge in [0.05, 0.1) is 0 Å². The minimum absolute atomic E-state index is 0.0550. The van der Waals surface area contributed by atoms with Crippen LogP contribution in [0.15, 0.2) is 0 Å². The van der Waals surface area contributed by atoms with Gasteiger partial charge < -0.3 is 4.74 Å². The number of ether oxygens (including phenoxy) is 1. The monoisotopic (exact) mass is 270 g/mol.